The summed E-state index contributed by atoms with van der Waals surface area (Å²) >= 11 is 4.87. The number of nitro groups is 2. The van der Waals surface area contributed by atoms with Crippen LogP contribution in [0.4, 0.5) is 11.4 Å². The third kappa shape index (κ3) is 5.41. The van der Waals surface area contributed by atoms with Gasteiger partial charge in [0.25, 0.3) is 11.4 Å². The Labute approximate surface area is 248 Å². The van der Waals surface area contributed by atoms with Crippen LogP contribution in [0.3, 0.4) is 0 Å². The minimum absolute atomic E-state index is 0.224. The summed E-state index contributed by atoms with van der Waals surface area (Å²) in [6, 6.07) is 22.0. The largest absolute Gasteiger partial charge is 0.284 e. The average molecular weight is 639 g/mol. The molecule has 0 aliphatic heterocycles. The molecule has 204 valence electrons. The molecule has 0 radical (unpaired) electrons. The number of aromatic nitrogens is 2. The van der Waals surface area contributed by atoms with Crippen molar-refractivity contribution in [3.05, 3.63) is 105 Å². The summed E-state index contributed by atoms with van der Waals surface area (Å²) < 4.78 is 29.9. The molecule has 0 unspecified atom stereocenters. The van der Waals surface area contributed by atoms with Crippen LogP contribution in [0.15, 0.2) is 113 Å². The molecule has 6 aromatic rings. The number of hydrogen-bond donors (Lipinski definition) is 0. The molecule has 2 aromatic heterocycles. The minimum atomic E-state index is -4.32. The van der Waals surface area contributed by atoms with E-state index in [1.54, 1.807) is 0 Å². The maximum atomic E-state index is 13.5. The van der Waals surface area contributed by atoms with Crippen molar-refractivity contribution in [1.29, 1.82) is 0 Å². The van der Waals surface area contributed by atoms with Gasteiger partial charge in [-0.3, -0.25) is 20.2 Å². The maximum absolute atomic E-state index is 13.5. The number of fused-ring (bicyclic) bond motifs is 2. The van der Waals surface area contributed by atoms with Gasteiger partial charge < -0.3 is 0 Å². The Morgan fingerprint density at radius 1 is 0.634 bits per heavy atom. The number of benzene rings is 4. The molecule has 0 saturated carbocycles. The fraction of sp³-hybridized carbons (Fsp3) is 0. The number of para-hydroxylation sites is 2. The van der Waals surface area contributed by atoms with Gasteiger partial charge in [0.15, 0.2) is 8.68 Å². The average Bonchev–Trinajstić information content (AvgIpc) is 3.56. The minimum Gasteiger partial charge on any atom is -0.258 e. The van der Waals surface area contributed by atoms with Crippen molar-refractivity contribution in [3.8, 4) is 0 Å². The van der Waals surface area contributed by atoms with Crippen LogP contribution in [-0.4, -0.2) is 28.2 Å². The van der Waals surface area contributed by atoms with E-state index in [-0.39, 0.29) is 19.6 Å². The molecule has 0 aliphatic carbocycles. The van der Waals surface area contributed by atoms with E-state index in [0.29, 0.717) is 8.68 Å². The van der Waals surface area contributed by atoms with E-state index in [1.807, 2.05) is 48.5 Å². The third-order valence-corrected chi connectivity index (χ3v) is 11.9. The van der Waals surface area contributed by atoms with Gasteiger partial charge in [-0.1, -0.05) is 47.8 Å². The topological polar surface area (TPSA) is 146 Å². The van der Waals surface area contributed by atoms with Gasteiger partial charge >= 0.3 is 0 Å². The Balaban J connectivity index is 1.33. The summed E-state index contributed by atoms with van der Waals surface area (Å²) in [5, 5.41) is 23.8. The highest BCUT2D eigenvalue weighted by atomic mass is 32.2. The predicted molar refractivity (Wildman–Crippen MR) is 159 cm³/mol. The van der Waals surface area contributed by atoms with Crippen LogP contribution < -0.4 is 0 Å². The number of nitro benzene ring substituents is 2. The van der Waals surface area contributed by atoms with E-state index < -0.39 is 31.1 Å². The third-order valence-electron chi connectivity index (χ3n) is 5.82. The SMILES string of the molecule is O=[N+]([O-])c1cc(S(=O)(=O)c2ccc(Sc3nc4ccccc4s3)c([N+](=O)[O-])c2)ccc1Sc1nc2ccccc2s1. The van der Waals surface area contributed by atoms with E-state index >= 15 is 0 Å². The molecule has 0 atom stereocenters. The molecule has 0 fully saturated rings. The first kappa shape index (κ1) is 27.3. The van der Waals surface area contributed by atoms with E-state index in [4.69, 9.17) is 0 Å². The van der Waals surface area contributed by atoms with E-state index in [0.717, 1.165) is 56.1 Å². The lowest BCUT2D eigenvalue weighted by atomic mass is 10.3. The van der Waals surface area contributed by atoms with Crippen LogP contribution in [0, 0.1) is 20.2 Å². The van der Waals surface area contributed by atoms with Crippen molar-refractivity contribution >= 4 is 87.8 Å². The summed E-state index contributed by atoms with van der Waals surface area (Å²) in [6.45, 7) is 0. The van der Waals surface area contributed by atoms with Crippen LogP contribution >= 0.6 is 46.2 Å². The number of rotatable bonds is 8. The Morgan fingerprint density at radius 3 is 1.44 bits per heavy atom. The molecule has 0 aliphatic rings. The predicted octanol–water partition coefficient (Wildman–Crippen LogP) is 7.86. The first-order valence-corrected chi connectivity index (χ1v) is 16.3. The van der Waals surface area contributed by atoms with Crippen LogP contribution in [0.1, 0.15) is 0 Å². The number of thiazole rings is 2. The van der Waals surface area contributed by atoms with Crippen molar-refractivity contribution in [2.45, 2.75) is 28.3 Å². The van der Waals surface area contributed by atoms with Gasteiger partial charge in [0.1, 0.15) is 0 Å². The second-order valence-corrected chi connectivity index (χ2v) is 15.0. The molecule has 0 spiro atoms. The normalized spacial score (nSPS) is 11.7. The molecular weight excluding hydrogens is 625 g/mol. The van der Waals surface area contributed by atoms with Crippen LogP contribution in [0.5, 0.6) is 0 Å². The number of hydrogen-bond acceptors (Lipinski definition) is 12. The van der Waals surface area contributed by atoms with Crippen LogP contribution in [-0.2, 0) is 9.84 Å². The molecule has 15 heteroatoms. The van der Waals surface area contributed by atoms with Crippen LogP contribution in [0.2, 0.25) is 0 Å². The van der Waals surface area contributed by atoms with Crippen molar-refractivity contribution in [2.24, 2.45) is 0 Å². The summed E-state index contributed by atoms with van der Waals surface area (Å²) in [4.78, 5) is 31.2. The lowest BCUT2D eigenvalue weighted by Crippen LogP contribution is -2.04. The van der Waals surface area contributed by atoms with E-state index in [9.17, 15) is 28.6 Å². The van der Waals surface area contributed by atoms with Gasteiger partial charge in [0.2, 0.25) is 9.84 Å². The van der Waals surface area contributed by atoms with Crippen molar-refractivity contribution in [2.75, 3.05) is 0 Å². The lowest BCUT2D eigenvalue weighted by molar-refractivity contribution is -0.388. The second-order valence-electron chi connectivity index (χ2n) is 8.38. The molecule has 6 rings (SSSR count). The van der Waals surface area contributed by atoms with Gasteiger partial charge in [-0.05, 0) is 48.5 Å². The Bertz CT molecular complexity index is 1900. The first-order valence-electron chi connectivity index (χ1n) is 11.6. The number of nitrogens with zero attached hydrogens (tertiary/aromatic N) is 4. The van der Waals surface area contributed by atoms with Crippen molar-refractivity contribution < 1.29 is 18.3 Å². The maximum Gasteiger partial charge on any atom is 0.284 e. The molecule has 0 bridgehead atoms. The lowest BCUT2D eigenvalue weighted by Gasteiger charge is -2.08. The van der Waals surface area contributed by atoms with Gasteiger partial charge in [0, 0.05) is 12.1 Å². The Morgan fingerprint density at radius 2 is 1.05 bits per heavy atom. The molecule has 0 N–H and O–H groups in total. The Hall–Kier alpha value is -3.89. The van der Waals surface area contributed by atoms with Crippen molar-refractivity contribution in [3.63, 3.8) is 0 Å². The smallest absolute Gasteiger partial charge is 0.258 e. The molecule has 2 heterocycles. The first-order chi connectivity index (χ1) is 19.7. The van der Waals surface area contributed by atoms with Gasteiger partial charge in [-0.2, -0.15) is 0 Å². The fourth-order valence-corrected chi connectivity index (χ4v) is 9.42. The summed E-state index contributed by atoms with van der Waals surface area (Å²) in [5.74, 6) is 0. The quantitative estimate of drug-likeness (QED) is 0.119. The molecule has 4 aromatic carbocycles. The summed E-state index contributed by atoms with van der Waals surface area (Å²) in [6.07, 6.45) is 0. The van der Waals surface area contributed by atoms with E-state index in [1.165, 1.54) is 46.9 Å². The summed E-state index contributed by atoms with van der Waals surface area (Å²) in [5.41, 5.74) is 0.696. The zero-order valence-corrected chi connectivity index (χ0v) is 24.4. The Kier molecular flexibility index (Phi) is 7.21. The fourth-order valence-electron chi connectivity index (χ4n) is 3.90. The summed E-state index contributed by atoms with van der Waals surface area (Å²) in [7, 11) is -4.32. The van der Waals surface area contributed by atoms with E-state index in [2.05, 4.69) is 9.97 Å². The van der Waals surface area contributed by atoms with Gasteiger partial charge in [0.05, 0.1) is 49.9 Å². The zero-order chi connectivity index (χ0) is 28.7. The van der Waals surface area contributed by atoms with Crippen LogP contribution in [0.25, 0.3) is 20.4 Å². The molecule has 41 heavy (non-hydrogen) atoms. The highest BCUT2D eigenvalue weighted by Gasteiger charge is 2.27. The highest BCUT2D eigenvalue weighted by Crippen LogP contribution is 2.42. The monoisotopic (exact) mass is 638 g/mol. The van der Waals surface area contributed by atoms with Gasteiger partial charge in [-0.25, -0.2) is 18.4 Å². The number of sulfone groups is 1. The standard InChI is InChI=1S/C26H14N4O6S5/c31-29(32)19-13-15(9-11-23(19)39-25-27-17-5-1-3-7-21(17)37-25)41(35,36)16-10-12-24(20(14-16)30(33)34)40-26-28-18-6-2-4-8-22(18)38-26/h1-14H. The molecule has 0 amide bonds. The molecule has 0 saturated heterocycles. The molecule has 10 nitrogen and oxygen atoms in total. The highest BCUT2D eigenvalue weighted by molar-refractivity contribution is 8.01. The van der Waals surface area contributed by atoms with Crippen molar-refractivity contribution in [1.82, 2.24) is 9.97 Å². The zero-order valence-electron chi connectivity index (χ0n) is 20.4. The second kappa shape index (κ2) is 10.8. The van der Waals surface area contributed by atoms with Gasteiger partial charge in [-0.15, -0.1) is 22.7 Å². The molecular formula is C26H14N4O6S5.